The topological polar surface area (TPSA) is 70.1 Å². The molecule has 0 aromatic carbocycles. The second kappa shape index (κ2) is 4.10. The average Bonchev–Trinajstić information content (AvgIpc) is 2.51. The Balaban J connectivity index is 2.42. The van der Waals surface area contributed by atoms with E-state index < -0.39 is 17.7 Å². The van der Waals surface area contributed by atoms with Crippen LogP contribution in [0, 0.1) is 17.7 Å². The highest BCUT2D eigenvalue weighted by atomic mass is 19.1. The quantitative estimate of drug-likeness (QED) is 0.800. The molecule has 5 nitrogen and oxygen atoms in total. The first-order chi connectivity index (χ1) is 7.91. The van der Waals surface area contributed by atoms with Crippen molar-refractivity contribution in [2.45, 2.75) is 33.1 Å². The molecule has 0 aliphatic carbocycles. The van der Waals surface area contributed by atoms with Gasteiger partial charge in [0.05, 0.1) is 12.3 Å². The highest BCUT2D eigenvalue weighted by Gasteiger charge is 2.38. The summed E-state index contributed by atoms with van der Waals surface area (Å²) in [5.41, 5.74) is 4.66. The SMILES string of the molecule is CC1[C@@H](C)[C@@H](C)O[C@H]1n1cc(F)c(N)nc1=O. The van der Waals surface area contributed by atoms with Crippen LogP contribution < -0.4 is 11.4 Å². The number of hydrogen-bond donors (Lipinski definition) is 1. The van der Waals surface area contributed by atoms with Crippen molar-refractivity contribution in [3.63, 3.8) is 0 Å². The molecule has 2 heterocycles. The summed E-state index contributed by atoms with van der Waals surface area (Å²) in [6.45, 7) is 5.95. The molecule has 1 unspecified atom stereocenters. The molecule has 6 heteroatoms. The van der Waals surface area contributed by atoms with Crippen LogP contribution in [0.5, 0.6) is 0 Å². The molecular formula is C11H16FN3O2. The zero-order chi connectivity index (χ0) is 12.7. The molecule has 2 N–H and O–H groups in total. The Labute approximate surface area is 98.4 Å². The second-order valence-corrected chi connectivity index (χ2v) is 4.61. The molecule has 0 amide bonds. The molecule has 1 aliphatic rings. The summed E-state index contributed by atoms with van der Waals surface area (Å²) in [6, 6.07) is 0. The third-order valence-corrected chi connectivity index (χ3v) is 3.58. The first-order valence-electron chi connectivity index (χ1n) is 5.61. The van der Waals surface area contributed by atoms with Gasteiger partial charge in [-0.25, -0.2) is 9.18 Å². The molecule has 1 aromatic heterocycles. The van der Waals surface area contributed by atoms with Gasteiger partial charge in [0.1, 0.15) is 6.23 Å². The molecule has 0 bridgehead atoms. The highest BCUT2D eigenvalue weighted by molar-refractivity contribution is 5.26. The van der Waals surface area contributed by atoms with Crippen LogP contribution in [0.15, 0.2) is 11.0 Å². The summed E-state index contributed by atoms with van der Waals surface area (Å²) in [5.74, 6) is -0.661. The van der Waals surface area contributed by atoms with Gasteiger partial charge in [0.2, 0.25) is 0 Å². The van der Waals surface area contributed by atoms with Gasteiger partial charge in [0.15, 0.2) is 11.6 Å². The van der Waals surface area contributed by atoms with Gasteiger partial charge in [-0.2, -0.15) is 4.98 Å². The van der Waals surface area contributed by atoms with Gasteiger partial charge in [0.25, 0.3) is 0 Å². The van der Waals surface area contributed by atoms with E-state index in [2.05, 4.69) is 4.98 Å². The summed E-state index contributed by atoms with van der Waals surface area (Å²) in [7, 11) is 0. The number of ether oxygens (including phenoxy) is 1. The number of halogens is 1. The third kappa shape index (κ3) is 1.93. The lowest BCUT2D eigenvalue weighted by molar-refractivity contribution is -0.00803. The first kappa shape index (κ1) is 12.0. The normalized spacial score (nSPS) is 32.9. The summed E-state index contributed by atoms with van der Waals surface area (Å²) < 4.78 is 20.2. The van der Waals surface area contributed by atoms with E-state index in [4.69, 9.17) is 10.5 Å². The van der Waals surface area contributed by atoms with Crippen molar-refractivity contribution in [2.24, 2.45) is 11.8 Å². The van der Waals surface area contributed by atoms with Crippen molar-refractivity contribution < 1.29 is 9.13 Å². The van der Waals surface area contributed by atoms with Gasteiger partial charge in [0, 0.05) is 5.92 Å². The van der Waals surface area contributed by atoms with Crippen molar-refractivity contribution in [1.82, 2.24) is 9.55 Å². The lowest BCUT2D eigenvalue weighted by Gasteiger charge is -2.18. The van der Waals surface area contributed by atoms with E-state index in [1.807, 2.05) is 20.8 Å². The van der Waals surface area contributed by atoms with Crippen LogP contribution in [0.1, 0.15) is 27.0 Å². The minimum Gasteiger partial charge on any atom is -0.381 e. The minimum atomic E-state index is -0.701. The zero-order valence-corrected chi connectivity index (χ0v) is 10.1. The van der Waals surface area contributed by atoms with E-state index in [-0.39, 0.29) is 17.8 Å². The molecule has 0 saturated carbocycles. The van der Waals surface area contributed by atoms with Crippen molar-refractivity contribution in [2.75, 3.05) is 5.73 Å². The van der Waals surface area contributed by atoms with Crippen LogP contribution in [-0.2, 0) is 4.74 Å². The van der Waals surface area contributed by atoms with E-state index in [9.17, 15) is 9.18 Å². The molecule has 1 aliphatic heterocycles. The Morgan fingerprint density at radius 3 is 2.59 bits per heavy atom. The van der Waals surface area contributed by atoms with Crippen molar-refractivity contribution in [3.05, 3.63) is 22.5 Å². The standard InChI is InChI=1S/C11H16FN3O2/c1-5-6(2)10(17-7(5)3)15-4-8(12)9(13)14-11(15)16/h4-7,10H,1-3H3,(H2,13,14,16)/t5-,6?,7-,10-/m1/s1. The Hall–Kier alpha value is -1.43. The summed E-state index contributed by atoms with van der Waals surface area (Å²) in [5, 5.41) is 0. The van der Waals surface area contributed by atoms with E-state index in [1.165, 1.54) is 4.57 Å². The molecule has 4 atom stereocenters. The molecule has 1 aromatic rings. The van der Waals surface area contributed by atoms with Crippen LogP contribution in [-0.4, -0.2) is 15.7 Å². The van der Waals surface area contributed by atoms with Crippen LogP contribution in [0.3, 0.4) is 0 Å². The van der Waals surface area contributed by atoms with Gasteiger partial charge >= 0.3 is 5.69 Å². The minimum absolute atomic E-state index is 0.0301. The lowest BCUT2D eigenvalue weighted by Crippen LogP contribution is -2.30. The number of hydrogen-bond acceptors (Lipinski definition) is 4. The van der Waals surface area contributed by atoms with E-state index >= 15 is 0 Å². The van der Waals surface area contributed by atoms with Gasteiger partial charge in [-0.15, -0.1) is 0 Å². The fourth-order valence-corrected chi connectivity index (χ4v) is 2.11. The van der Waals surface area contributed by atoms with Gasteiger partial charge in [-0.1, -0.05) is 13.8 Å². The van der Waals surface area contributed by atoms with Crippen molar-refractivity contribution in [1.29, 1.82) is 0 Å². The Bertz CT molecular complexity index is 488. The molecule has 2 rings (SSSR count). The maximum Gasteiger partial charge on any atom is 0.351 e. The number of nitrogens with two attached hydrogens (primary N) is 1. The van der Waals surface area contributed by atoms with Crippen LogP contribution >= 0.6 is 0 Å². The highest BCUT2D eigenvalue weighted by Crippen LogP contribution is 2.37. The maximum atomic E-state index is 13.3. The smallest absolute Gasteiger partial charge is 0.351 e. The predicted octanol–water partition coefficient (Wildman–Crippen LogP) is 1.15. The average molecular weight is 241 g/mol. The third-order valence-electron chi connectivity index (χ3n) is 3.58. The van der Waals surface area contributed by atoms with E-state index in [0.29, 0.717) is 5.92 Å². The Morgan fingerprint density at radius 2 is 2.06 bits per heavy atom. The van der Waals surface area contributed by atoms with E-state index in [1.54, 1.807) is 0 Å². The van der Waals surface area contributed by atoms with Crippen LogP contribution in [0.4, 0.5) is 10.2 Å². The molecule has 17 heavy (non-hydrogen) atoms. The van der Waals surface area contributed by atoms with Gasteiger partial charge in [-0.3, -0.25) is 4.57 Å². The first-order valence-corrected chi connectivity index (χ1v) is 5.61. The second-order valence-electron chi connectivity index (χ2n) is 4.61. The molecular weight excluding hydrogens is 225 g/mol. The number of aromatic nitrogens is 2. The number of anilines is 1. The summed E-state index contributed by atoms with van der Waals surface area (Å²) >= 11 is 0. The molecule has 94 valence electrons. The maximum absolute atomic E-state index is 13.3. The van der Waals surface area contributed by atoms with Crippen LogP contribution in [0.25, 0.3) is 0 Å². The van der Waals surface area contributed by atoms with Crippen LogP contribution in [0.2, 0.25) is 0 Å². The Kier molecular flexibility index (Phi) is 2.91. The largest absolute Gasteiger partial charge is 0.381 e. The van der Waals surface area contributed by atoms with Crippen molar-refractivity contribution in [3.8, 4) is 0 Å². The molecule has 1 saturated heterocycles. The lowest BCUT2D eigenvalue weighted by atomic mass is 9.93. The van der Waals surface area contributed by atoms with E-state index in [0.717, 1.165) is 6.20 Å². The number of rotatable bonds is 1. The fourth-order valence-electron chi connectivity index (χ4n) is 2.11. The van der Waals surface area contributed by atoms with Gasteiger partial charge in [-0.05, 0) is 12.8 Å². The predicted molar refractivity (Wildman–Crippen MR) is 60.8 cm³/mol. The molecule has 0 spiro atoms. The molecule has 0 radical (unpaired) electrons. The summed E-state index contributed by atoms with van der Waals surface area (Å²) in [4.78, 5) is 15.1. The Morgan fingerprint density at radius 1 is 1.41 bits per heavy atom. The van der Waals surface area contributed by atoms with Gasteiger partial charge < -0.3 is 10.5 Å². The van der Waals surface area contributed by atoms with Crippen molar-refractivity contribution >= 4 is 5.82 Å². The number of nitrogens with zero attached hydrogens (tertiary/aromatic N) is 2. The fraction of sp³-hybridized carbons (Fsp3) is 0.636. The summed E-state index contributed by atoms with van der Waals surface area (Å²) in [6.07, 6.45) is 0.619. The molecule has 1 fully saturated rings. The monoisotopic (exact) mass is 241 g/mol. The number of nitrogen functional groups attached to an aromatic ring is 1. The zero-order valence-electron chi connectivity index (χ0n) is 10.1.